The molecule has 0 radical (unpaired) electrons. The van der Waals surface area contributed by atoms with Gasteiger partial charge in [0.15, 0.2) is 11.5 Å². The molecule has 0 saturated heterocycles. The average molecular weight is 326 g/mol. The zero-order valence-electron chi connectivity index (χ0n) is 14.5. The second-order valence-corrected chi connectivity index (χ2v) is 6.20. The third-order valence-electron chi connectivity index (χ3n) is 4.28. The van der Waals surface area contributed by atoms with Crippen LogP contribution in [0.3, 0.4) is 0 Å². The Labute approximate surface area is 144 Å². The van der Waals surface area contributed by atoms with Crippen molar-refractivity contribution in [3.8, 4) is 11.5 Å². The molecule has 1 N–H and O–H groups in total. The first kappa shape index (κ1) is 16.8. The van der Waals surface area contributed by atoms with E-state index in [4.69, 9.17) is 9.47 Å². The maximum absolute atomic E-state index is 5.76. The summed E-state index contributed by atoms with van der Waals surface area (Å²) in [6.07, 6.45) is 0. The van der Waals surface area contributed by atoms with Crippen LogP contribution in [0.25, 0.3) is 0 Å². The van der Waals surface area contributed by atoms with Gasteiger partial charge < -0.3 is 19.7 Å². The summed E-state index contributed by atoms with van der Waals surface area (Å²) in [5.74, 6) is 1.74. The molecule has 4 heteroatoms. The zero-order valence-corrected chi connectivity index (χ0v) is 14.5. The topological polar surface area (TPSA) is 33.7 Å². The maximum atomic E-state index is 5.76. The van der Waals surface area contributed by atoms with Crippen molar-refractivity contribution in [2.24, 2.45) is 0 Å². The molecular weight excluding hydrogens is 300 g/mol. The number of hydrogen-bond donors (Lipinski definition) is 1. The van der Waals surface area contributed by atoms with Crippen molar-refractivity contribution < 1.29 is 9.47 Å². The molecule has 0 fully saturated rings. The Bertz CT molecular complexity index is 672. The van der Waals surface area contributed by atoms with Crippen molar-refractivity contribution in [1.82, 2.24) is 10.2 Å². The number of hydrogen-bond acceptors (Lipinski definition) is 4. The van der Waals surface area contributed by atoms with Crippen LogP contribution in [-0.2, 0) is 19.6 Å². The van der Waals surface area contributed by atoms with Gasteiger partial charge in [-0.15, -0.1) is 0 Å². The lowest BCUT2D eigenvalue weighted by molar-refractivity contribution is 0.169. The van der Waals surface area contributed by atoms with Gasteiger partial charge in [0.25, 0.3) is 0 Å². The Morgan fingerprint density at radius 3 is 2.67 bits per heavy atom. The van der Waals surface area contributed by atoms with Crippen LogP contribution >= 0.6 is 0 Å². The van der Waals surface area contributed by atoms with Gasteiger partial charge in [-0.25, -0.2) is 0 Å². The number of para-hydroxylation sites is 1. The summed E-state index contributed by atoms with van der Waals surface area (Å²) < 4.78 is 11.4. The predicted molar refractivity (Wildman–Crippen MR) is 96.4 cm³/mol. The van der Waals surface area contributed by atoms with Crippen LogP contribution < -0.4 is 14.8 Å². The van der Waals surface area contributed by atoms with Crippen molar-refractivity contribution in [3.63, 3.8) is 0 Å². The van der Waals surface area contributed by atoms with Crippen molar-refractivity contribution in [2.45, 2.75) is 26.6 Å². The second-order valence-electron chi connectivity index (χ2n) is 6.20. The van der Waals surface area contributed by atoms with Crippen LogP contribution in [0.5, 0.6) is 11.5 Å². The van der Waals surface area contributed by atoms with Gasteiger partial charge in [0.05, 0.1) is 0 Å². The maximum Gasteiger partial charge on any atom is 0.165 e. The number of nitrogens with zero attached hydrogens (tertiary/aromatic N) is 1. The number of rotatable bonds is 7. The first-order valence-electron chi connectivity index (χ1n) is 8.61. The van der Waals surface area contributed by atoms with E-state index in [9.17, 15) is 0 Å². The van der Waals surface area contributed by atoms with E-state index in [1.807, 2.05) is 12.1 Å². The minimum Gasteiger partial charge on any atom is -0.486 e. The third-order valence-corrected chi connectivity index (χ3v) is 4.28. The summed E-state index contributed by atoms with van der Waals surface area (Å²) in [6, 6.07) is 14.8. The van der Waals surface area contributed by atoms with Crippen molar-refractivity contribution in [1.29, 1.82) is 0 Å². The van der Waals surface area contributed by atoms with Crippen molar-refractivity contribution in [2.75, 3.05) is 26.8 Å². The van der Waals surface area contributed by atoms with Gasteiger partial charge in [-0.1, -0.05) is 43.3 Å². The molecule has 1 aliphatic heterocycles. The van der Waals surface area contributed by atoms with Crippen LogP contribution in [0.1, 0.15) is 23.6 Å². The van der Waals surface area contributed by atoms with E-state index >= 15 is 0 Å². The highest BCUT2D eigenvalue weighted by atomic mass is 16.6. The van der Waals surface area contributed by atoms with E-state index in [1.165, 1.54) is 11.1 Å². The van der Waals surface area contributed by atoms with Crippen LogP contribution in [0.15, 0.2) is 42.5 Å². The quantitative estimate of drug-likeness (QED) is 0.847. The molecule has 0 bridgehead atoms. The molecule has 0 aromatic heterocycles. The molecule has 0 unspecified atom stereocenters. The van der Waals surface area contributed by atoms with E-state index in [1.54, 1.807) is 0 Å². The molecule has 3 rings (SSSR count). The molecular formula is C20H26N2O2. The lowest BCUT2D eigenvalue weighted by Crippen LogP contribution is -2.19. The van der Waals surface area contributed by atoms with Gasteiger partial charge in [-0.2, -0.15) is 0 Å². The van der Waals surface area contributed by atoms with E-state index in [0.29, 0.717) is 13.2 Å². The third kappa shape index (κ3) is 4.28. The average Bonchev–Trinajstić information content (AvgIpc) is 2.62. The molecule has 24 heavy (non-hydrogen) atoms. The van der Waals surface area contributed by atoms with Crippen molar-refractivity contribution in [3.05, 3.63) is 59.2 Å². The lowest BCUT2D eigenvalue weighted by Gasteiger charge is -2.21. The molecule has 4 nitrogen and oxygen atoms in total. The van der Waals surface area contributed by atoms with Crippen LogP contribution in [0.4, 0.5) is 0 Å². The predicted octanol–water partition coefficient (Wildman–Crippen LogP) is 3.20. The SMILES string of the molecule is CCN(C)Cc1cccc(CNCc2cccc3c2OCCO3)c1. The van der Waals surface area contributed by atoms with Crippen LogP contribution in [0, 0.1) is 0 Å². The first-order chi connectivity index (χ1) is 11.8. The summed E-state index contributed by atoms with van der Waals surface area (Å²) in [7, 11) is 2.14. The molecule has 0 aliphatic carbocycles. The van der Waals surface area contributed by atoms with Crippen LogP contribution in [-0.4, -0.2) is 31.7 Å². The first-order valence-corrected chi connectivity index (χ1v) is 8.61. The Balaban J connectivity index is 1.58. The summed E-state index contributed by atoms with van der Waals surface area (Å²) in [5, 5.41) is 3.51. The van der Waals surface area contributed by atoms with Gasteiger partial charge in [-0.05, 0) is 30.8 Å². The highest BCUT2D eigenvalue weighted by Crippen LogP contribution is 2.33. The highest BCUT2D eigenvalue weighted by Gasteiger charge is 2.14. The molecule has 1 heterocycles. The Kier molecular flexibility index (Phi) is 5.72. The summed E-state index contributed by atoms with van der Waals surface area (Å²) in [5.41, 5.74) is 3.81. The van der Waals surface area contributed by atoms with E-state index < -0.39 is 0 Å². The Morgan fingerprint density at radius 1 is 1.00 bits per heavy atom. The molecule has 1 aliphatic rings. The minimum absolute atomic E-state index is 0.622. The normalized spacial score (nSPS) is 13.3. The number of nitrogens with one attached hydrogen (secondary N) is 1. The molecule has 0 amide bonds. The van der Waals surface area contributed by atoms with Gasteiger partial charge in [0.2, 0.25) is 0 Å². The second kappa shape index (κ2) is 8.18. The number of ether oxygens (including phenoxy) is 2. The van der Waals surface area contributed by atoms with Crippen LogP contribution in [0.2, 0.25) is 0 Å². The summed E-state index contributed by atoms with van der Waals surface area (Å²) >= 11 is 0. The van der Waals surface area contributed by atoms with E-state index in [-0.39, 0.29) is 0 Å². The Morgan fingerprint density at radius 2 is 1.79 bits per heavy atom. The van der Waals surface area contributed by atoms with Crippen molar-refractivity contribution >= 4 is 0 Å². The monoisotopic (exact) mass is 326 g/mol. The molecule has 0 saturated carbocycles. The summed E-state index contributed by atoms with van der Waals surface area (Å²) in [6.45, 7) is 7.09. The fourth-order valence-corrected chi connectivity index (χ4v) is 2.88. The zero-order chi connectivity index (χ0) is 16.8. The van der Waals surface area contributed by atoms with E-state index in [2.05, 4.69) is 54.5 Å². The molecule has 2 aromatic rings. The van der Waals surface area contributed by atoms with Gasteiger partial charge in [0.1, 0.15) is 13.2 Å². The molecule has 128 valence electrons. The molecule has 0 atom stereocenters. The van der Waals surface area contributed by atoms with Gasteiger partial charge >= 0.3 is 0 Å². The molecule has 0 spiro atoms. The minimum atomic E-state index is 0.622. The lowest BCUT2D eigenvalue weighted by atomic mass is 10.1. The fourth-order valence-electron chi connectivity index (χ4n) is 2.88. The van der Waals surface area contributed by atoms with Gasteiger partial charge in [0, 0.05) is 25.2 Å². The van der Waals surface area contributed by atoms with E-state index in [0.717, 1.165) is 43.2 Å². The smallest absolute Gasteiger partial charge is 0.165 e. The Hall–Kier alpha value is -2.04. The molecule has 2 aromatic carbocycles. The fraction of sp³-hybridized carbons (Fsp3) is 0.400. The number of fused-ring (bicyclic) bond motifs is 1. The standard InChI is InChI=1S/C20H26N2O2/c1-3-22(2)15-17-7-4-6-16(12-17)13-21-14-18-8-5-9-19-20(18)24-11-10-23-19/h4-9,12,21H,3,10-11,13-15H2,1-2H3. The van der Waals surface area contributed by atoms with Gasteiger partial charge in [-0.3, -0.25) is 0 Å². The number of benzene rings is 2. The summed E-state index contributed by atoms with van der Waals surface area (Å²) in [4.78, 5) is 2.31. The highest BCUT2D eigenvalue weighted by molar-refractivity contribution is 5.47. The largest absolute Gasteiger partial charge is 0.486 e.